The average molecular weight is 454 g/mol. The molecule has 4 rings (SSSR count). The first-order chi connectivity index (χ1) is 15.9. The molecule has 1 heterocycles. The van der Waals surface area contributed by atoms with E-state index in [1.807, 2.05) is 36.4 Å². The van der Waals surface area contributed by atoms with Gasteiger partial charge >= 0.3 is 6.18 Å². The smallest absolute Gasteiger partial charge is 0.416 e. The molecule has 0 aliphatic carbocycles. The van der Waals surface area contributed by atoms with E-state index >= 15 is 0 Å². The molecule has 1 aromatic heterocycles. The van der Waals surface area contributed by atoms with E-state index in [1.165, 1.54) is 12.1 Å². The summed E-state index contributed by atoms with van der Waals surface area (Å²) in [5.41, 5.74) is 2.35. The fourth-order valence-electron chi connectivity index (χ4n) is 3.34. The van der Waals surface area contributed by atoms with Gasteiger partial charge in [0.2, 0.25) is 0 Å². The highest BCUT2D eigenvalue weighted by Gasteiger charge is 2.30. The summed E-state index contributed by atoms with van der Waals surface area (Å²) in [5.74, 6) is 2.26. The molecule has 2 N–H and O–H groups in total. The molecule has 0 saturated carbocycles. The van der Waals surface area contributed by atoms with Crippen molar-refractivity contribution in [3.8, 4) is 34.3 Å². The number of H-pyrrole nitrogens is 1. The summed E-state index contributed by atoms with van der Waals surface area (Å²) < 4.78 is 49.1. The quantitative estimate of drug-likeness (QED) is 0.370. The summed E-state index contributed by atoms with van der Waals surface area (Å²) >= 11 is 0. The van der Waals surface area contributed by atoms with Crippen LogP contribution in [0.25, 0.3) is 22.8 Å². The number of ether oxygens (including phenoxy) is 2. The maximum absolute atomic E-state index is 12.8. The molecule has 0 spiro atoms. The molecule has 4 aromatic rings. The van der Waals surface area contributed by atoms with Gasteiger partial charge in [-0.3, -0.25) is 0 Å². The van der Waals surface area contributed by atoms with Crippen molar-refractivity contribution in [3.63, 3.8) is 0 Å². The molecule has 170 valence electrons. The maximum atomic E-state index is 12.8. The van der Waals surface area contributed by atoms with Crippen LogP contribution in [0.2, 0.25) is 0 Å². The van der Waals surface area contributed by atoms with Crippen LogP contribution in [-0.2, 0) is 12.7 Å². The molecule has 0 atom stereocenters. The zero-order valence-electron chi connectivity index (χ0n) is 17.9. The molecule has 0 amide bonds. The second kappa shape index (κ2) is 9.23. The first-order valence-electron chi connectivity index (χ1n) is 10.0. The monoisotopic (exact) mass is 454 g/mol. The Balaban J connectivity index is 1.56. The van der Waals surface area contributed by atoms with Crippen molar-refractivity contribution in [3.05, 3.63) is 77.9 Å². The molecule has 0 radical (unpaired) electrons. The van der Waals surface area contributed by atoms with E-state index in [9.17, 15) is 13.2 Å². The van der Waals surface area contributed by atoms with E-state index in [-0.39, 0.29) is 0 Å². The fourth-order valence-corrected chi connectivity index (χ4v) is 3.34. The van der Waals surface area contributed by atoms with E-state index in [1.54, 1.807) is 20.3 Å². The van der Waals surface area contributed by atoms with E-state index in [4.69, 9.17) is 9.47 Å². The van der Waals surface area contributed by atoms with Crippen LogP contribution in [0.15, 0.2) is 66.7 Å². The Labute approximate surface area is 188 Å². The fraction of sp³-hybridized carbons (Fsp3) is 0.167. The minimum absolute atomic E-state index is 0.381. The lowest BCUT2D eigenvalue weighted by molar-refractivity contribution is -0.137. The van der Waals surface area contributed by atoms with Crippen molar-refractivity contribution >= 4 is 5.69 Å². The lowest BCUT2D eigenvalue weighted by Gasteiger charge is -2.12. The number of halogens is 3. The highest BCUT2D eigenvalue weighted by atomic mass is 19.4. The third-order valence-electron chi connectivity index (χ3n) is 5.05. The predicted molar refractivity (Wildman–Crippen MR) is 119 cm³/mol. The van der Waals surface area contributed by atoms with Crippen LogP contribution < -0.4 is 14.8 Å². The minimum atomic E-state index is -4.39. The van der Waals surface area contributed by atoms with Gasteiger partial charge in [-0.1, -0.05) is 24.3 Å². The van der Waals surface area contributed by atoms with Crippen LogP contribution in [0.1, 0.15) is 11.1 Å². The van der Waals surface area contributed by atoms with Gasteiger partial charge in [-0.05, 0) is 42.0 Å². The van der Waals surface area contributed by atoms with E-state index in [2.05, 4.69) is 20.5 Å². The number of rotatable bonds is 7. The molecule has 0 aliphatic heterocycles. The summed E-state index contributed by atoms with van der Waals surface area (Å²) in [4.78, 5) is 3.10. The van der Waals surface area contributed by atoms with Gasteiger partial charge in [-0.25, -0.2) is 0 Å². The van der Waals surface area contributed by atoms with Gasteiger partial charge in [0.15, 0.2) is 11.6 Å². The van der Waals surface area contributed by atoms with E-state index in [0.717, 1.165) is 28.9 Å². The highest BCUT2D eigenvalue weighted by Crippen LogP contribution is 2.32. The summed E-state index contributed by atoms with van der Waals surface area (Å²) in [6, 6.07) is 18.0. The molecule has 0 saturated heterocycles. The lowest BCUT2D eigenvalue weighted by Crippen LogP contribution is -2.04. The Bertz CT molecular complexity index is 1210. The maximum Gasteiger partial charge on any atom is 0.416 e. The van der Waals surface area contributed by atoms with Crippen molar-refractivity contribution < 1.29 is 22.6 Å². The molecule has 0 aliphatic rings. The van der Waals surface area contributed by atoms with E-state index < -0.39 is 11.7 Å². The number of nitrogens with zero attached hydrogens (tertiary/aromatic N) is 2. The zero-order valence-corrected chi connectivity index (χ0v) is 17.9. The predicted octanol–water partition coefficient (Wildman–Crippen LogP) is 5.79. The van der Waals surface area contributed by atoms with Gasteiger partial charge in [0, 0.05) is 29.4 Å². The standard InChI is InChI=1S/C24H21F3N4O2/c1-32-18-11-15(12-19(13-18)33-2)14-28-21-6-4-3-5-20(21)23-29-22(30-31-23)16-7-9-17(10-8-16)24(25,26)27/h3-13,28H,14H2,1-2H3,(H,29,30,31). The molecule has 6 nitrogen and oxygen atoms in total. The Morgan fingerprint density at radius 1 is 0.848 bits per heavy atom. The van der Waals surface area contributed by atoms with Gasteiger partial charge < -0.3 is 19.8 Å². The van der Waals surface area contributed by atoms with Crippen LogP contribution in [0.4, 0.5) is 18.9 Å². The molecule has 0 unspecified atom stereocenters. The van der Waals surface area contributed by atoms with Crippen molar-refractivity contribution in [2.24, 2.45) is 0 Å². The number of aromatic amines is 1. The number of benzene rings is 3. The van der Waals surface area contributed by atoms with Gasteiger partial charge in [0.1, 0.15) is 11.5 Å². The minimum Gasteiger partial charge on any atom is -0.497 e. The Hall–Kier alpha value is -4.01. The molecule has 0 bridgehead atoms. The van der Waals surface area contributed by atoms with Crippen molar-refractivity contribution in [1.82, 2.24) is 15.2 Å². The number of hydrogen-bond donors (Lipinski definition) is 2. The summed E-state index contributed by atoms with van der Waals surface area (Å²) in [5, 5.41) is 11.7. The second-order valence-electron chi connectivity index (χ2n) is 7.22. The van der Waals surface area contributed by atoms with Crippen molar-refractivity contribution in [2.45, 2.75) is 12.7 Å². The molecule has 9 heteroatoms. The molecular weight excluding hydrogens is 433 g/mol. The van der Waals surface area contributed by atoms with Gasteiger partial charge in [-0.15, -0.1) is 10.2 Å². The van der Waals surface area contributed by atoms with Crippen LogP contribution in [0.5, 0.6) is 11.5 Å². The second-order valence-corrected chi connectivity index (χ2v) is 7.22. The van der Waals surface area contributed by atoms with Crippen LogP contribution in [0.3, 0.4) is 0 Å². The summed E-state index contributed by atoms with van der Waals surface area (Å²) in [7, 11) is 3.19. The largest absolute Gasteiger partial charge is 0.497 e. The topological polar surface area (TPSA) is 72.1 Å². The number of alkyl halides is 3. The number of aromatic nitrogens is 3. The number of methoxy groups -OCH3 is 2. The first-order valence-corrected chi connectivity index (χ1v) is 10.0. The summed E-state index contributed by atoms with van der Waals surface area (Å²) in [6.07, 6.45) is -4.39. The molecule has 3 aromatic carbocycles. The molecule has 33 heavy (non-hydrogen) atoms. The van der Waals surface area contributed by atoms with Gasteiger partial charge in [-0.2, -0.15) is 13.2 Å². The van der Waals surface area contributed by atoms with Gasteiger partial charge in [0.05, 0.1) is 19.8 Å². The third-order valence-corrected chi connectivity index (χ3v) is 5.05. The first kappa shape index (κ1) is 22.2. The average Bonchev–Trinajstić information content (AvgIpc) is 3.32. The highest BCUT2D eigenvalue weighted by molar-refractivity contribution is 5.74. The van der Waals surface area contributed by atoms with Crippen LogP contribution >= 0.6 is 0 Å². The SMILES string of the molecule is COc1cc(CNc2ccccc2-c2nnc(-c3ccc(C(F)(F)F)cc3)[nH]2)cc(OC)c1. The Kier molecular flexibility index (Phi) is 6.21. The number of hydrogen-bond acceptors (Lipinski definition) is 5. The molecular formula is C24H21F3N4O2. The van der Waals surface area contributed by atoms with Crippen LogP contribution in [-0.4, -0.2) is 29.4 Å². The number of anilines is 1. The van der Waals surface area contributed by atoms with Gasteiger partial charge in [0.25, 0.3) is 0 Å². The van der Waals surface area contributed by atoms with Crippen molar-refractivity contribution in [2.75, 3.05) is 19.5 Å². The Morgan fingerprint density at radius 3 is 2.12 bits per heavy atom. The van der Waals surface area contributed by atoms with E-state index in [0.29, 0.717) is 35.3 Å². The Morgan fingerprint density at radius 2 is 1.48 bits per heavy atom. The molecule has 0 fully saturated rings. The number of para-hydroxylation sites is 1. The number of nitrogens with one attached hydrogen (secondary N) is 2. The van der Waals surface area contributed by atoms with Crippen LogP contribution in [0, 0.1) is 0 Å². The normalized spacial score (nSPS) is 11.3. The lowest BCUT2D eigenvalue weighted by atomic mass is 10.1. The summed E-state index contributed by atoms with van der Waals surface area (Å²) in [6.45, 7) is 0.504. The third kappa shape index (κ3) is 5.08. The zero-order chi connectivity index (χ0) is 23.4. The van der Waals surface area contributed by atoms with Crippen molar-refractivity contribution in [1.29, 1.82) is 0 Å².